The van der Waals surface area contributed by atoms with Gasteiger partial charge in [0.1, 0.15) is 0 Å². The number of ether oxygens (including phenoxy) is 2. The number of methoxy groups -OCH3 is 2. The summed E-state index contributed by atoms with van der Waals surface area (Å²) in [5, 5.41) is 12.9. The number of benzene rings is 2. The number of rotatable bonds is 3. The van der Waals surface area contributed by atoms with Crippen molar-refractivity contribution in [2.75, 3.05) is 14.2 Å². The van der Waals surface area contributed by atoms with Gasteiger partial charge in [0.05, 0.1) is 25.3 Å². The first kappa shape index (κ1) is 16.4. The van der Waals surface area contributed by atoms with Crippen molar-refractivity contribution in [2.45, 2.75) is 0 Å². The van der Waals surface area contributed by atoms with Crippen molar-refractivity contribution in [1.29, 1.82) is 0 Å². The zero-order valence-corrected chi connectivity index (χ0v) is 13.7. The van der Waals surface area contributed by atoms with Gasteiger partial charge < -0.3 is 14.7 Å². The van der Waals surface area contributed by atoms with Crippen molar-refractivity contribution in [2.24, 2.45) is 0 Å². The van der Waals surface area contributed by atoms with Gasteiger partial charge in [0, 0.05) is 17.7 Å². The van der Waals surface area contributed by atoms with Crippen molar-refractivity contribution in [3.05, 3.63) is 71.2 Å². The molecule has 126 valence electrons. The van der Waals surface area contributed by atoms with E-state index in [4.69, 9.17) is 9.47 Å². The van der Waals surface area contributed by atoms with Crippen LogP contribution in [0.5, 0.6) is 0 Å². The molecular weight excluding hydrogens is 322 g/mol. The topological polar surface area (TPSA) is 79.5 Å². The quantitative estimate of drug-likeness (QED) is 0.417. The van der Waals surface area contributed by atoms with Crippen molar-refractivity contribution in [3.8, 4) is 11.1 Å². The number of fused-ring (bicyclic) bond motifs is 1. The van der Waals surface area contributed by atoms with Crippen LogP contribution >= 0.6 is 0 Å². The third-order valence-electron chi connectivity index (χ3n) is 3.93. The van der Waals surface area contributed by atoms with E-state index in [9.17, 15) is 14.8 Å². The van der Waals surface area contributed by atoms with Crippen LogP contribution in [0.1, 0.15) is 20.7 Å². The fraction of sp³-hybridized carbons (Fsp3) is 0.105. The molecule has 0 unspecified atom stereocenters. The third kappa shape index (κ3) is 2.89. The number of carbonyl (C=O) groups excluding carboxylic acids is 2. The van der Waals surface area contributed by atoms with Gasteiger partial charge in [-0.05, 0) is 22.4 Å². The molecule has 3 aromatic rings. The maximum Gasteiger partial charge on any atom is 0.339 e. The molecule has 0 amide bonds. The molecule has 0 saturated heterocycles. The Kier molecular flexibility index (Phi) is 4.35. The Morgan fingerprint density at radius 2 is 1.60 bits per heavy atom. The molecule has 0 aliphatic rings. The van der Waals surface area contributed by atoms with Gasteiger partial charge in [-0.2, -0.15) is 4.73 Å². The Labute approximate surface area is 143 Å². The van der Waals surface area contributed by atoms with Crippen LogP contribution in [0.25, 0.3) is 21.9 Å². The molecule has 0 spiro atoms. The maximum absolute atomic E-state index is 12.5. The van der Waals surface area contributed by atoms with Crippen molar-refractivity contribution < 1.29 is 23.8 Å². The van der Waals surface area contributed by atoms with E-state index in [0.29, 0.717) is 15.9 Å². The first-order valence-corrected chi connectivity index (χ1v) is 7.48. The lowest BCUT2D eigenvalue weighted by molar-refractivity contribution is -0.605. The van der Waals surface area contributed by atoms with Crippen LogP contribution in [0, 0.1) is 5.21 Å². The standard InChI is InChI=1S/C19H15NO5/c1-24-18(21)15-11-13-5-3-4-6-14(13)16(17(15)19(22)25-2)12-7-9-20(23)10-8-12/h3-11H,1-2H3. The Balaban J connectivity index is 2.47. The van der Waals surface area contributed by atoms with Crippen LogP contribution in [-0.2, 0) is 9.47 Å². The van der Waals surface area contributed by atoms with E-state index in [-0.39, 0.29) is 11.1 Å². The van der Waals surface area contributed by atoms with Crippen LogP contribution in [0.3, 0.4) is 0 Å². The minimum absolute atomic E-state index is 0.108. The van der Waals surface area contributed by atoms with Crippen LogP contribution in [0.15, 0.2) is 54.9 Å². The molecule has 0 fully saturated rings. The Bertz CT molecular complexity index is 963. The number of carbonyl (C=O) groups is 2. The normalized spacial score (nSPS) is 10.5. The van der Waals surface area contributed by atoms with Crippen molar-refractivity contribution >= 4 is 22.7 Å². The molecule has 1 heterocycles. The molecule has 0 radical (unpaired) electrons. The van der Waals surface area contributed by atoms with Gasteiger partial charge in [0.25, 0.3) is 0 Å². The van der Waals surface area contributed by atoms with E-state index >= 15 is 0 Å². The molecule has 0 N–H and O–H groups in total. The molecule has 0 aliphatic heterocycles. The van der Waals surface area contributed by atoms with Gasteiger partial charge in [-0.3, -0.25) is 0 Å². The zero-order valence-electron chi connectivity index (χ0n) is 13.7. The van der Waals surface area contributed by atoms with E-state index in [1.54, 1.807) is 18.2 Å². The van der Waals surface area contributed by atoms with Crippen LogP contribution in [-0.4, -0.2) is 26.2 Å². The summed E-state index contributed by atoms with van der Waals surface area (Å²) >= 11 is 0. The van der Waals surface area contributed by atoms with E-state index in [2.05, 4.69) is 0 Å². The summed E-state index contributed by atoms with van der Waals surface area (Å²) in [4.78, 5) is 24.7. The molecule has 0 saturated carbocycles. The molecular formula is C19H15NO5. The summed E-state index contributed by atoms with van der Waals surface area (Å²) < 4.78 is 10.4. The van der Waals surface area contributed by atoms with Crippen molar-refractivity contribution in [3.63, 3.8) is 0 Å². The number of nitrogens with zero attached hydrogens (tertiary/aromatic N) is 1. The predicted octanol–water partition coefficient (Wildman–Crippen LogP) is 2.71. The summed E-state index contributed by atoms with van der Waals surface area (Å²) in [5.74, 6) is -1.29. The molecule has 0 bridgehead atoms. The van der Waals surface area contributed by atoms with Crippen LogP contribution < -0.4 is 4.73 Å². The van der Waals surface area contributed by atoms with Gasteiger partial charge in [0.15, 0.2) is 12.4 Å². The summed E-state index contributed by atoms with van der Waals surface area (Å²) in [7, 11) is 2.50. The minimum Gasteiger partial charge on any atom is -0.619 e. The van der Waals surface area contributed by atoms with E-state index in [0.717, 1.165) is 10.8 Å². The molecule has 1 aromatic heterocycles. The molecule has 3 rings (SSSR count). The number of hydrogen-bond donors (Lipinski definition) is 0. The third-order valence-corrected chi connectivity index (χ3v) is 3.93. The van der Waals surface area contributed by atoms with Gasteiger partial charge in [0.2, 0.25) is 0 Å². The predicted molar refractivity (Wildman–Crippen MR) is 91.0 cm³/mol. The number of hydrogen-bond acceptors (Lipinski definition) is 5. The van der Waals surface area contributed by atoms with Gasteiger partial charge in [-0.1, -0.05) is 24.3 Å². The van der Waals surface area contributed by atoms with Crippen molar-refractivity contribution in [1.82, 2.24) is 0 Å². The highest BCUT2D eigenvalue weighted by molar-refractivity contribution is 6.15. The second-order valence-electron chi connectivity index (χ2n) is 5.33. The second-order valence-corrected chi connectivity index (χ2v) is 5.33. The van der Waals surface area contributed by atoms with E-state index in [1.807, 2.05) is 24.3 Å². The lowest BCUT2D eigenvalue weighted by Crippen LogP contribution is -2.23. The molecule has 6 nitrogen and oxygen atoms in total. The van der Waals surface area contributed by atoms with Gasteiger partial charge in [-0.15, -0.1) is 0 Å². The fourth-order valence-electron chi connectivity index (χ4n) is 2.81. The lowest BCUT2D eigenvalue weighted by atomic mass is 9.90. The maximum atomic E-state index is 12.5. The number of aromatic nitrogens is 1. The highest BCUT2D eigenvalue weighted by Crippen LogP contribution is 2.35. The van der Waals surface area contributed by atoms with E-state index < -0.39 is 11.9 Å². The molecule has 0 aliphatic carbocycles. The van der Waals surface area contributed by atoms with Crippen LogP contribution in [0.2, 0.25) is 0 Å². The van der Waals surface area contributed by atoms with Crippen LogP contribution in [0.4, 0.5) is 0 Å². The Hall–Kier alpha value is -3.41. The highest BCUT2D eigenvalue weighted by Gasteiger charge is 2.25. The monoisotopic (exact) mass is 337 g/mol. The summed E-state index contributed by atoms with van der Waals surface area (Å²) in [6, 6.07) is 12.1. The summed E-state index contributed by atoms with van der Waals surface area (Å²) in [6.45, 7) is 0. The average molecular weight is 337 g/mol. The number of esters is 2. The largest absolute Gasteiger partial charge is 0.619 e. The Morgan fingerprint density at radius 1 is 0.960 bits per heavy atom. The van der Waals surface area contributed by atoms with E-state index in [1.165, 1.54) is 26.6 Å². The summed E-state index contributed by atoms with van der Waals surface area (Å²) in [5.41, 5.74) is 1.36. The molecule has 25 heavy (non-hydrogen) atoms. The first-order valence-electron chi connectivity index (χ1n) is 7.48. The number of pyridine rings is 1. The van der Waals surface area contributed by atoms with Gasteiger partial charge >= 0.3 is 11.9 Å². The van der Waals surface area contributed by atoms with Gasteiger partial charge in [-0.25, -0.2) is 9.59 Å². The molecule has 0 atom stereocenters. The smallest absolute Gasteiger partial charge is 0.339 e. The average Bonchev–Trinajstić information content (AvgIpc) is 2.66. The molecule has 6 heteroatoms. The Morgan fingerprint density at radius 3 is 2.24 bits per heavy atom. The second kappa shape index (κ2) is 6.60. The molecule has 2 aromatic carbocycles. The zero-order chi connectivity index (χ0) is 18.0. The minimum atomic E-state index is -0.653. The lowest BCUT2D eigenvalue weighted by Gasteiger charge is -2.15. The fourth-order valence-corrected chi connectivity index (χ4v) is 2.81. The highest BCUT2D eigenvalue weighted by atomic mass is 16.5. The SMILES string of the molecule is COC(=O)c1cc2ccccc2c(-c2cc[n+]([O-])cc2)c1C(=O)OC. The first-order chi connectivity index (χ1) is 12.1. The summed E-state index contributed by atoms with van der Waals surface area (Å²) in [6.07, 6.45) is 2.66.